The van der Waals surface area contributed by atoms with Crippen molar-refractivity contribution in [2.45, 2.75) is 229 Å². The van der Waals surface area contributed by atoms with Crippen LogP contribution in [0.5, 0.6) is 0 Å². The maximum atomic E-state index is 15.3. The Morgan fingerprint density at radius 3 is 1.99 bits per heavy atom. The first-order valence-corrected chi connectivity index (χ1v) is 26.8. The molecule has 0 spiro atoms. The first-order chi connectivity index (χ1) is 35.0. The highest BCUT2D eigenvalue weighted by Gasteiger charge is 2.74. The zero-order chi connectivity index (χ0) is 54.9. The smallest absolute Gasteiger partial charge is 0.317 e. The quantitative estimate of drug-likeness (QED) is 0.0659. The van der Waals surface area contributed by atoms with Gasteiger partial charge in [0.15, 0.2) is 25.0 Å². The van der Waals surface area contributed by atoms with Gasteiger partial charge in [-0.3, -0.25) is 9.59 Å². The highest BCUT2D eigenvalue weighted by Crippen LogP contribution is 2.76. The van der Waals surface area contributed by atoms with E-state index in [2.05, 4.69) is 33.8 Å². The second kappa shape index (κ2) is 20.5. The molecule has 13 N–H and O–H groups in total. The molecule has 0 aromatic heterocycles. The minimum absolute atomic E-state index is 0.0474. The van der Waals surface area contributed by atoms with Gasteiger partial charge in [0.25, 0.3) is 0 Å². The molecule has 0 amide bonds. The molecule has 23 nitrogen and oxygen atoms in total. The van der Waals surface area contributed by atoms with Crippen molar-refractivity contribution in [2.75, 3.05) is 19.8 Å². The Balaban J connectivity index is 0.974. The average molecular weight is 1080 g/mol. The van der Waals surface area contributed by atoms with E-state index < -0.39 is 187 Å². The predicted molar refractivity (Wildman–Crippen MR) is 253 cm³/mol. The van der Waals surface area contributed by atoms with Crippen molar-refractivity contribution < 1.29 is 114 Å². The first kappa shape index (κ1) is 57.6. The molecule has 4 saturated carbocycles. The highest BCUT2D eigenvalue weighted by molar-refractivity contribution is 5.80. The highest BCUT2D eigenvalue weighted by atomic mass is 16.8. The van der Waals surface area contributed by atoms with Crippen LogP contribution < -0.4 is 0 Å². The lowest BCUT2D eigenvalue weighted by Crippen LogP contribution is -2.71. The molecular formula is C52H82O23. The summed E-state index contributed by atoms with van der Waals surface area (Å²) in [7, 11) is 0. The molecule has 28 atom stereocenters. The van der Waals surface area contributed by atoms with E-state index in [1.165, 1.54) is 13.8 Å². The Morgan fingerprint density at radius 1 is 0.667 bits per heavy atom. The van der Waals surface area contributed by atoms with Crippen molar-refractivity contribution in [3.63, 3.8) is 0 Å². The summed E-state index contributed by atoms with van der Waals surface area (Å²) in [6.45, 7) is 12.1. The molecule has 0 bridgehead atoms. The lowest BCUT2D eigenvalue weighted by Gasteiger charge is -2.71. The van der Waals surface area contributed by atoms with Gasteiger partial charge in [0, 0.05) is 6.42 Å². The number of esters is 1. The average Bonchev–Trinajstić information content (AvgIpc) is 3.33. The summed E-state index contributed by atoms with van der Waals surface area (Å²) in [5.74, 6) is -3.56. The van der Waals surface area contributed by atoms with E-state index in [9.17, 15) is 71.2 Å². The third-order valence-electron chi connectivity index (χ3n) is 20.5. The number of carbonyl (C=O) groups excluding carboxylic acids is 1. The summed E-state index contributed by atoms with van der Waals surface area (Å²) in [4.78, 5) is 29.0. The monoisotopic (exact) mass is 1070 g/mol. The Morgan fingerprint density at radius 2 is 1.32 bits per heavy atom. The minimum atomic E-state index is -1.84. The molecule has 0 unspecified atom stereocenters. The van der Waals surface area contributed by atoms with Crippen LogP contribution in [0.15, 0.2) is 11.6 Å². The van der Waals surface area contributed by atoms with Gasteiger partial charge >= 0.3 is 11.9 Å². The maximum absolute atomic E-state index is 15.3. The molecule has 428 valence electrons. The van der Waals surface area contributed by atoms with Gasteiger partial charge in [0.05, 0.1) is 49.7 Å². The molecule has 75 heavy (non-hydrogen) atoms. The van der Waals surface area contributed by atoms with E-state index in [1.54, 1.807) is 0 Å². The number of aliphatic hydroxyl groups is 12. The molecule has 5 aliphatic carbocycles. The van der Waals surface area contributed by atoms with Crippen LogP contribution in [-0.2, 0) is 47.5 Å². The van der Waals surface area contributed by atoms with E-state index in [4.69, 9.17) is 37.9 Å². The Labute approximate surface area is 435 Å². The second-order valence-corrected chi connectivity index (χ2v) is 25.3. The van der Waals surface area contributed by atoms with Gasteiger partial charge in [-0.2, -0.15) is 0 Å². The van der Waals surface area contributed by atoms with Gasteiger partial charge in [0.1, 0.15) is 72.6 Å². The van der Waals surface area contributed by atoms with Crippen molar-refractivity contribution in [1.29, 1.82) is 0 Å². The summed E-state index contributed by atoms with van der Waals surface area (Å²) in [5.41, 5.74) is -4.98. The van der Waals surface area contributed by atoms with Gasteiger partial charge in [-0.05, 0) is 105 Å². The molecule has 23 heteroatoms. The molecule has 4 aliphatic heterocycles. The number of carbonyl (C=O) groups is 2. The van der Waals surface area contributed by atoms with E-state index in [0.29, 0.717) is 32.1 Å². The van der Waals surface area contributed by atoms with E-state index in [-0.39, 0.29) is 43.6 Å². The second-order valence-electron chi connectivity index (χ2n) is 25.3. The fourth-order valence-electron chi connectivity index (χ4n) is 16.1. The zero-order valence-electron chi connectivity index (χ0n) is 43.7. The summed E-state index contributed by atoms with van der Waals surface area (Å²) >= 11 is 0. The number of carboxylic acids is 1. The molecule has 0 aromatic carbocycles. The van der Waals surface area contributed by atoms with Crippen molar-refractivity contribution in [1.82, 2.24) is 0 Å². The van der Waals surface area contributed by atoms with Crippen molar-refractivity contribution in [3.05, 3.63) is 11.6 Å². The topological polar surface area (TPSA) is 371 Å². The van der Waals surface area contributed by atoms with Crippen LogP contribution in [0, 0.1) is 50.2 Å². The number of fused-ring (bicyclic) bond motifs is 7. The number of carboxylic acid groups (broad SMARTS) is 1. The van der Waals surface area contributed by atoms with Crippen molar-refractivity contribution >= 4 is 11.9 Å². The number of ether oxygens (including phenoxy) is 8. The molecule has 0 radical (unpaired) electrons. The number of allylic oxidation sites excluding steroid dienone is 2. The van der Waals surface area contributed by atoms with Crippen molar-refractivity contribution in [2.24, 2.45) is 50.2 Å². The molecule has 4 saturated heterocycles. The zero-order valence-corrected chi connectivity index (χ0v) is 43.7. The predicted octanol–water partition coefficient (Wildman–Crippen LogP) is -1.69. The van der Waals surface area contributed by atoms with Crippen LogP contribution >= 0.6 is 0 Å². The molecular weight excluding hydrogens is 993 g/mol. The maximum Gasteiger partial charge on any atom is 0.317 e. The number of hydrogen-bond donors (Lipinski definition) is 13. The van der Waals surface area contributed by atoms with Gasteiger partial charge in [-0.25, -0.2) is 0 Å². The first-order valence-electron chi connectivity index (χ1n) is 26.8. The lowest BCUT2D eigenvalue weighted by molar-refractivity contribution is -0.366. The van der Waals surface area contributed by atoms with E-state index in [0.717, 1.165) is 5.57 Å². The molecule has 0 aromatic rings. The van der Waals surface area contributed by atoms with Crippen molar-refractivity contribution in [3.8, 4) is 0 Å². The van der Waals surface area contributed by atoms with Crippen LogP contribution in [0.1, 0.15) is 106 Å². The minimum Gasteiger partial charge on any atom is -0.481 e. The van der Waals surface area contributed by atoms with Crippen LogP contribution in [-0.4, -0.2) is 221 Å². The Bertz CT molecular complexity index is 2130. The lowest BCUT2D eigenvalue weighted by atomic mass is 9.33. The standard InChI is InChI=1S/C52H82O23/c1-21-38(72-41-25(55)14-22(54)19-68-41)35(62)37(64)42(70-21)73-39-32(59)27(57)20-69-44(39)75-46(67)52-13-12-47(2,3)15-24(52)23-8-9-29-48(4)16-26(56)40(74-43-36(63)34(61)33(60)28(18-53)71-43)51(7,45(65)66)30(48)10-11-49(29,5)50(23,6)17-31(52)58/h8,21-22,24-44,53-64H,9-20H2,1-7H3,(H,65,66)/t21-,22-,24-,25+,26-,27-,28+,29+,30+,31+,32-,33+,34-,35-,36+,37+,38-,39+,40-,41-,42-,43-,44-,48+,49+,50+,51+,52+/m0/s1. The number of rotatable bonds is 10. The summed E-state index contributed by atoms with van der Waals surface area (Å²) in [5, 5.41) is 143. The number of aliphatic hydroxyl groups excluding tert-OH is 12. The molecule has 4 heterocycles. The summed E-state index contributed by atoms with van der Waals surface area (Å²) < 4.78 is 47.1. The number of hydrogen-bond acceptors (Lipinski definition) is 22. The molecule has 8 fully saturated rings. The van der Waals surface area contributed by atoms with Crippen LogP contribution in [0.2, 0.25) is 0 Å². The molecule has 9 rings (SSSR count). The summed E-state index contributed by atoms with van der Waals surface area (Å²) in [6.07, 6.45) is -25.4. The normalized spacial score (nSPS) is 54.8. The van der Waals surface area contributed by atoms with Gasteiger partial charge in [-0.15, -0.1) is 0 Å². The van der Waals surface area contributed by atoms with Crippen LogP contribution in [0.3, 0.4) is 0 Å². The SMILES string of the molecule is C[C@@H]1O[C@@H](O[C@H]2[C@H](OC(=O)[C@]34CCC(C)(C)C[C@H]3C3=CC[C@@H]5[C@@]6(C)C[C@H](O)[C@H](O[C@@H]7O[C@H](CO)[C@@H](O)[C@H](O)[C@H]7O)[C@](C)(C(=O)O)[C@@H]6CC[C@@]5(C)[C@]3(C)C[C@H]4O)OC[C@H](O)[C@@H]2O)[C@H](O)[C@H](O)[C@H]1O[C@@H]1OC[C@@H](O)C[C@H]1O. The van der Waals surface area contributed by atoms with E-state index in [1.807, 2.05) is 6.92 Å². The fraction of sp³-hybridized carbons (Fsp3) is 0.923. The summed E-state index contributed by atoms with van der Waals surface area (Å²) in [6, 6.07) is 0. The largest absolute Gasteiger partial charge is 0.481 e. The molecule has 9 aliphatic rings. The van der Waals surface area contributed by atoms with Crippen LogP contribution in [0.25, 0.3) is 0 Å². The van der Waals surface area contributed by atoms with Crippen LogP contribution in [0.4, 0.5) is 0 Å². The fourth-order valence-corrected chi connectivity index (χ4v) is 16.1. The van der Waals surface area contributed by atoms with Gasteiger partial charge in [-0.1, -0.05) is 46.3 Å². The Hall–Kier alpha value is -2.08. The number of aliphatic carboxylic acids is 1. The van der Waals surface area contributed by atoms with E-state index >= 15 is 4.79 Å². The third-order valence-corrected chi connectivity index (χ3v) is 20.5. The Kier molecular flexibility index (Phi) is 15.7. The third kappa shape index (κ3) is 9.16. The van der Waals surface area contributed by atoms with Gasteiger partial charge in [0.2, 0.25) is 6.29 Å². The van der Waals surface area contributed by atoms with Gasteiger partial charge < -0.3 is 104 Å².